The molecule has 0 radical (unpaired) electrons. The Morgan fingerprint density at radius 3 is 2.62 bits per heavy atom. The van der Waals surface area contributed by atoms with Gasteiger partial charge in [0.05, 0.1) is 23.4 Å². The van der Waals surface area contributed by atoms with E-state index in [0.29, 0.717) is 12.2 Å². The molecule has 1 heterocycles. The Morgan fingerprint density at radius 2 is 2.05 bits per heavy atom. The Balaban J connectivity index is 2.30. The number of phenols is 1. The number of rotatable bonds is 3. The van der Waals surface area contributed by atoms with Crippen LogP contribution in [-0.4, -0.2) is 23.3 Å². The van der Waals surface area contributed by atoms with Crippen LogP contribution in [0.25, 0.3) is 0 Å². The molecule has 2 rings (SSSR count). The van der Waals surface area contributed by atoms with Gasteiger partial charge >= 0.3 is 5.97 Å². The summed E-state index contributed by atoms with van der Waals surface area (Å²) in [6, 6.07) is 4.91. The number of benzene rings is 1. The maximum Gasteiger partial charge on any atom is 0.338 e. The number of carbonyl (C=O) groups excluding carboxylic acids is 1. The Bertz CT molecular complexity index is 536. The molecule has 1 saturated heterocycles. The monoisotopic (exact) mass is 292 g/mol. The second-order valence-electron chi connectivity index (χ2n) is 6.40. The van der Waals surface area contributed by atoms with Crippen LogP contribution in [0.15, 0.2) is 18.2 Å². The van der Waals surface area contributed by atoms with Gasteiger partial charge in [0, 0.05) is 5.56 Å². The molecule has 1 aromatic rings. The molecule has 1 atom stereocenters. The van der Waals surface area contributed by atoms with Gasteiger partial charge in [-0.15, -0.1) is 0 Å². The van der Waals surface area contributed by atoms with Gasteiger partial charge in [-0.05, 0) is 59.1 Å². The number of esters is 1. The van der Waals surface area contributed by atoms with E-state index in [0.717, 1.165) is 24.8 Å². The topological polar surface area (TPSA) is 55.8 Å². The van der Waals surface area contributed by atoms with Crippen LogP contribution in [-0.2, 0) is 15.1 Å². The minimum atomic E-state index is -0.529. The lowest BCUT2D eigenvalue weighted by molar-refractivity contribution is -0.171. The van der Waals surface area contributed by atoms with Crippen molar-refractivity contribution in [3.8, 4) is 5.75 Å². The number of hydrogen-bond acceptors (Lipinski definition) is 4. The minimum absolute atomic E-state index is 0.0840. The van der Waals surface area contributed by atoms with E-state index in [1.165, 1.54) is 6.07 Å². The molecule has 1 fully saturated rings. The standard InChI is InChI=1S/C17H24O4/c1-5-20-15(19)12-7-8-13(14(18)11-12)17(4)10-6-9-16(2,3)21-17/h7-8,11,18H,5-6,9-10H2,1-4H3/t17-/m1/s1. The van der Waals surface area contributed by atoms with E-state index in [1.807, 2.05) is 6.92 Å². The van der Waals surface area contributed by atoms with Gasteiger partial charge < -0.3 is 14.6 Å². The van der Waals surface area contributed by atoms with Gasteiger partial charge in [0.2, 0.25) is 0 Å². The molecule has 0 bridgehead atoms. The van der Waals surface area contributed by atoms with Crippen molar-refractivity contribution < 1.29 is 19.4 Å². The molecule has 0 aromatic heterocycles. The molecular formula is C17H24O4. The fraction of sp³-hybridized carbons (Fsp3) is 0.588. The number of carbonyl (C=O) groups is 1. The van der Waals surface area contributed by atoms with Crippen molar-refractivity contribution in [3.05, 3.63) is 29.3 Å². The van der Waals surface area contributed by atoms with Crippen molar-refractivity contribution in [1.29, 1.82) is 0 Å². The maximum atomic E-state index is 11.7. The predicted octanol–water partition coefficient (Wildman–Crippen LogP) is 3.76. The second kappa shape index (κ2) is 5.68. The molecular weight excluding hydrogens is 268 g/mol. The van der Waals surface area contributed by atoms with E-state index in [9.17, 15) is 9.90 Å². The molecule has 4 heteroatoms. The normalized spacial score (nSPS) is 24.6. The molecule has 0 unspecified atom stereocenters. The molecule has 0 saturated carbocycles. The molecule has 0 spiro atoms. The summed E-state index contributed by atoms with van der Waals surface area (Å²) in [5.74, 6) is -0.338. The zero-order valence-corrected chi connectivity index (χ0v) is 13.2. The highest BCUT2D eigenvalue weighted by Gasteiger charge is 2.40. The van der Waals surface area contributed by atoms with Crippen LogP contribution in [0.2, 0.25) is 0 Å². The SMILES string of the molecule is CCOC(=O)c1ccc([C@@]2(C)CCCC(C)(C)O2)c(O)c1. The van der Waals surface area contributed by atoms with E-state index >= 15 is 0 Å². The third-order valence-corrected chi connectivity index (χ3v) is 4.01. The van der Waals surface area contributed by atoms with E-state index in [2.05, 4.69) is 13.8 Å². The maximum absolute atomic E-state index is 11.7. The van der Waals surface area contributed by atoms with E-state index in [4.69, 9.17) is 9.47 Å². The number of ether oxygens (including phenoxy) is 2. The first kappa shape index (κ1) is 15.8. The highest BCUT2D eigenvalue weighted by Crippen LogP contribution is 2.44. The molecule has 1 aromatic carbocycles. The van der Waals surface area contributed by atoms with Crippen LogP contribution in [0.4, 0.5) is 0 Å². The van der Waals surface area contributed by atoms with Gasteiger partial charge in [0.15, 0.2) is 0 Å². The zero-order chi connectivity index (χ0) is 15.7. The van der Waals surface area contributed by atoms with Crippen molar-refractivity contribution >= 4 is 5.97 Å². The molecule has 1 aliphatic rings. The first-order chi connectivity index (χ1) is 9.77. The zero-order valence-electron chi connectivity index (χ0n) is 13.2. The van der Waals surface area contributed by atoms with E-state index < -0.39 is 11.6 Å². The quantitative estimate of drug-likeness (QED) is 0.862. The lowest BCUT2D eigenvalue weighted by Gasteiger charge is -2.44. The lowest BCUT2D eigenvalue weighted by Crippen LogP contribution is -2.41. The molecule has 1 aliphatic heterocycles. The van der Waals surface area contributed by atoms with Gasteiger partial charge in [-0.3, -0.25) is 0 Å². The summed E-state index contributed by atoms with van der Waals surface area (Å²) in [5, 5.41) is 10.3. The van der Waals surface area contributed by atoms with Crippen molar-refractivity contribution in [2.75, 3.05) is 6.61 Å². The van der Waals surface area contributed by atoms with Crippen LogP contribution in [0.5, 0.6) is 5.75 Å². The summed E-state index contributed by atoms with van der Waals surface area (Å²) in [7, 11) is 0. The van der Waals surface area contributed by atoms with Gasteiger partial charge in [-0.2, -0.15) is 0 Å². The summed E-state index contributed by atoms with van der Waals surface area (Å²) < 4.78 is 11.1. The minimum Gasteiger partial charge on any atom is -0.508 e. The van der Waals surface area contributed by atoms with Crippen LogP contribution in [0.3, 0.4) is 0 Å². The Morgan fingerprint density at radius 1 is 1.33 bits per heavy atom. The number of aromatic hydroxyl groups is 1. The Labute approximate surface area is 126 Å². The Kier molecular flexibility index (Phi) is 4.28. The van der Waals surface area contributed by atoms with E-state index in [-0.39, 0.29) is 11.4 Å². The van der Waals surface area contributed by atoms with E-state index in [1.54, 1.807) is 19.1 Å². The molecule has 116 valence electrons. The lowest BCUT2D eigenvalue weighted by atomic mass is 9.82. The first-order valence-corrected chi connectivity index (χ1v) is 7.48. The summed E-state index contributed by atoms with van der Waals surface area (Å²) in [6.07, 6.45) is 2.90. The van der Waals surface area contributed by atoms with Crippen molar-refractivity contribution in [2.24, 2.45) is 0 Å². The molecule has 0 aliphatic carbocycles. The largest absolute Gasteiger partial charge is 0.508 e. The van der Waals surface area contributed by atoms with Gasteiger partial charge in [-0.25, -0.2) is 4.79 Å². The van der Waals surface area contributed by atoms with Crippen molar-refractivity contribution in [1.82, 2.24) is 0 Å². The van der Waals surface area contributed by atoms with Crippen LogP contribution in [0, 0.1) is 0 Å². The van der Waals surface area contributed by atoms with Gasteiger partial charge in [-0.1, -0.05) is 6.07 Å². The first-order valence-electron chi connectivity index (χ1n) is 7.48. The smallest absolute Gasteiger partial charge is 0.338 e. The van der Waals surface area contributed by atoms with Crippen molar-refractivity contribution in [2.45, 2.75) is 58.2 Å². The summed E-state index contributed by atoms with van der Waals surface area (Å²) in [5.41, 5.74) is 0.346. The second-order valence-corrected chi connectivity index (χ2v) is 6.40. The number of hydrogen-bond donors (Lipinski definition) is 1. The van der Waals surface area contributed by atoms with Crippen LogP contribution < -0.4 is 0 Å². The third-order valence-electron chi connectivity index (χ3n) is 4.01. The third kappa shape index (κ3) is 3.38. The van der Waals surface area contributed by atoms with Crippen molar-refractivity contribution in [3.63, 3.8) is 0 Å². The fourth-order valence-electron chi connectivity index (χ4n) is 3.07. The highest BCUT2D eigenvalue weighted by atomic mass is 16.5. The van der Waals surface area contributed by atoms with Gasteiger partial charge in [0.25, 0.3) is 0 Å². The average Bonchev–Trinajstić information content (AvgIpc) is 2.37. The highest BCUT2D eigenvalue weighted by molar-refractivity contribution is 5.90. The summed E-state index contributed by atoms with van der Waals surface area (Å²) in [6.45, 7) is 8.19. The van der Waals surface area contributed by atoms with Gasteiger partial charge in [0.1, 0.15) is 5.75 Å². The molecule has 0 amide bonds. The summed E-state index contributed by atoms with van der Waals surface area (Å²) in [4.78, 5) is 11.7. The molecule has 1 N–H and O–H groups in total. The predicted molar refractivity (Wildman–Crippen MR) is 80.4 cm³/mol. The van der Waals surface area contributed by atoms with Crippen LogP contribution >= 0.6 is 0 Å². The fourth-order valence-corrected chi connectivity index (χ4v) is 3.07. The van der Waals surface area contributed by atoms with Crippen LogP contribution in [0.1, 0.15) is 62.9 Å². The molecule has 21 heavy (non-hydrogen) atoms. The average molecular weight is 292 g/mol. The molecule has 4 nitrogen and oxygen atoms in total. The Hall–Kier alpha value is -1.55. The summed E-state index contributed by atoms with van der Waals surface area (Å²) >= 11 is 0. The number of phenolic OH excluding ortho intramolecular Hbond substituents is 1.